The van der Waals surface area contributed by atoms with Crippen LogP contribution in [0.15, 0.2) is 24.3 Å². The first kappa shape index (κ1) is 12.2. The van der Waals surface area contributed by atoms with E-state index in [9.17, 15) is 4.79 Å². The van der Waals surface area contributed by atoms with Crippen LogP contribution in [0, 0.1) is 0 Å². The fourth-order valence-electron chi connectivity index (χ4n) is 2.55. The van der Waals surface area contributed by atoms with Crippen molar-refractivity contribution in [2.24, 2.45) is 0 Å². The lowest BCUT2D eigenvalue weighted by atomic mass is 10.0. The van der Waals surface area contributed by atoms with E-state index in [1.54, 1.807) is 4.90 Å². The third kappa shape index (κ3) is 1.77. The van der Waals surface area contributed by atoms with Gasteiger partial charge in [-0.25, -0.2) is 0 Å². The maximum Gasteiger partial charge on any atom is 0.250 e. The van der Waals surface area contributed by atoms with Gasteiger partial charge in [-0.3, -0.25) is 4.79 Å². The van der Waals surface area contributed by atoms with Gasteiger partial charge in [0.1, 0.15) is 6.04 Å². The predicted octanol–water partition coefficient (Wildman–Crippen LogP) is 0.863. The minimum atomic E-state index is -0.0337. The Bertz CT molecular complexity index is 438. The lowest BCUT2D eigenvalue weighted by molar-refractivity contribution is -0.120. The highest BCUT2D eigenvalue weighted by Gasteiger charge is 2.37. The van der Waals surface area contributed by atoms with Gasteiger partial charge in [0, 0.05) is 26.7 Å². The van der Waals surface area contributed by atoms with Crippen molar-refractivity contribution in [2.75, 3.05) is 36.5 Å². The van der Waals surface area contributed by atoms with Crippen molar-refractivity contribution in [1.29, 1.82) is 0 Å². The topological polar surface area (TPSA) is 35.6 Å². The van der Waals surface area contributed by atoms with E-state index >= 15 is 0 Å². The molecule has 2 heterocycles. The summed E-state index contributed by atoms with van der Waals surface area (Å²) in [5.41, 5.74) is 2.20. The maximum atomic E-state index is 12.2. The molecule has 2 aliphatic rings. The van der Waals surface area contributed by atoms with Gasteiger partial charge in [0.05, 0.1) is 11.4 Å². The second kappa shape index (κ2) is 4.55. The van der Waals surface area contributed by atoms with E-state index in [0.29, 0.717) is 0 Å². The molecule has 0 bridgehead atoms. The van der Waals surface area contributed by atoms with Crippen LogP contribution in [0.1, 0.15) is 0 Å². The third-order valence-electron chi connectivity index (χ3n) is 3.41. The molecule has 0 aromatic heterocycles. The average Bonchev–Trinajstić information content (AvgIpc) is 2.36. The summed E-state index contributed by atoms with van der Waals surface area (Å²) in [7, 11) is 1.85. The summed E-state index contributed by atoms with van der Waals surface area (Å²) < 4.78 is 0. The smallest absolute Gasteiger partial charge is 0.250 e. The van der Waals surface area contributed by atoms with Gasteiger partial charge in [-0.2, -0.15) is 0 Å². The summed E-state index contributed by atoms with van der Waals surface area (Å²) in [6, 6.07) is 8.07. The van der Waals surface area contributed by atoms with Crippen LogP contribution in [0.5, 0.6) is 0 Å². The number of halogens is 1. The van der Waals surface area contributed by atoms with Gasteiger partial charge in [0.2, 0.25) is 0 Å². The molecule has 3 rings (SSSR count). The number of nitrogens with zero attached hydrogens (tertiary/aromatic N) is 2. The molecule has 0 saturated carbocycles. The van der Waals surface area contributed by atoms with Crippen molar-refractivity contribution >= 4 is 29.7 Å². The number of carbonyl (C=O) groups excluding carboxylic acids is 1. The van der Waals surface area contributed by atoms with Crippen LogP contribution in [0.3, 0.4) is 0 Å². The second-order valence-corrected chi connectivity index (χ2v) is 4.30. The molecule has 1 saturated heterocycles. The van der Waals surface area contributed by atoms with Crippen LogP contribution in [-0.4, -0.2) is 38.6 Å². The Kier molecular flexibility index (Phi) is 3.26. The van der Waals surface area contributed by atoms with E-state index in [0.717, 1.165) is 25.3 Å². The maximum absolute atomic E-state index is 12.2. The van der Waals surface area contributed by atoms with Gasteiger partial charge in [-0.05, 0) is 12.1 Å². The van der Waals surface area contributed by atoms with Gasteiger partial charge >= 0.3 is 0 Å². The second-order valence-electron chi connectivity index (χ2n) is 4.30. The van der Waals surface area contributed by atoms with Crippen molar-refractivity contribution in [3.05, 3.63) is 24.3 Å². The zero-order chi connectivity index (χ0) is 11.1. The molecule has 0 aliphatic carbocycles. The molecule has 1 fully saturated rings. The molecular weight excluding hydrogens is 238 g/mol. The number of benzene rings is 1. The number of amides is 1. The number of anilines is 2. The minimum Gasteiger partial charge on any atom is -0.355 e. The van der Waals surface area contributed by atoms with Crippen molar-refractivity contribution < 1.29 is 4.79 Å². The molecule has 4 nitrogen and oxygen atoms in total. The SMILES string of the molecule is CN1C(=O)C2CNCCN2c2ccccc21.Cl. The number of likely N-dealkylation sites (N-methyl/N-ethyl adjacent to an activating group) is 1. The Hall–Kier alpha value is -1.26. The first-order chi connectivity index (χ1) is 7.79. The number of nitrogens with one attached hydrogen (secondary N) is 1. The number of carbonyl (C=O) groups is 1. The monoisotopic (exact) mass is 253 g/mol. The Balaban J connectivity index is 0.00000108. The summed E-state index contributed by atoms with van der Waals surface area (Å²) in [5, 5.41) is 3.28. The number of para-hydroxylation sites is 2. The van der Waals surface area contributed by atoms with Crippen LogP contribution < -0.4 is 15.1 Å². The molecule has 1 atom stereocenters. The van der Waals surface area contributed by atoms with Crippen molar-refractivity contribution in [3.63, 3.8) is 0 Å². The average molecular weight is 254 g/mol. The number of hydrogen-bond acceptors (Lipinski definition) is 3. The van der Waals surface area contributed by atoms with E-state index in [2.05, 4.69) is 16.3 Å². The molecule has 5 heteroatoms. The van der Waals surface area contributed by atoms with E-state index in [-0.39, 0.29) is 24.4 Å². The van der Waals surface area contributed by atoms with E-state index in [1.807, 2.05) is 25.2 Å². The van der Waals surface area contributed by atoms with Gasteiger partial charge in [-0.1, -0.05) is 12.1 Å². The van der Waals surface area contributed by atoms with Crippen LogP contribution >= 0.6 is 12.4 Å². The van der Waals surface area contributed by atoms with Gasteiger partial charge in [0.25, 0.3) is 5.91 Å². The van der Waals surface area contributed by atoms with Crippen molar-refractivity contribution in [1.82, 2.24) is 5.32 Å². The highest BCUT2D eigenvalue weighted by Crippen LogP contribution is 2.35. The molecule has 1 N–H and O–H groups in total. The van der Waals surface area contributed by atoms with E-state index in [1.165, 1.54) is 5.69 Å². The highest BCUT2D eigenvalue weighted by atomic mass is 35.5. The van der Waals surface area contributed by atoms with Crippen LogP contribution in [0.25, 0.3) is 0 Å². The number of hydrogen-bond donors (Lipinski definition) is 1. The minimum absolute atomic E-state index is 0. The van der Waals surface area contributed by atoms with Gasteiger partial charge in [0.15, 0.2) is 0 Å². The molecule has 1 unspecified atom stereocenters. The Morgan fingerprint density at radius 1 is 1.29 bits per heavy atom. The quantitative estimate of drug-likeness (QED) is 0.745. The van der Waals surface area contributed by atoms with E-state index in [4.69, 9.17) is 0 Å². The van der Waals surface area contributed by atoms with E-state index < -0.39 is 0 Å². The Labute approximate surface area is 107 Å². The zero-order valence-electron chi connectivity index (χ0n) is 9.72. The molecule has 92 valence electrons. The zero-order valence-corrected chi connectivity index (χ0v) is 10.5. The summed E-state index contributed by atoms with van der Waals surface area (Å²) in [6.45, 7) is 2.60. The lowest BCUT2D eigenvalue weighted by Gasteiger charge is -2.44. The number of piperazine rings is 1. The summed E-state index contributed by atoms with van der Waals surface area (Å²) in [6.07, 6.45) is 0. The lowest BCUT2D eigenvalue weighted by Crippen LogP contribution is -2.61. The summed E-state index contributed by atoms with van der Waals surface area (Å²) in [4.78, 5) is 16.2. The first-order valence-corrected chi connectivity index (χ1v) is 5.63. The van der Waals surface area contributed by atoms with Crippen LogP contribution in [0.2, 0.25) is 0 Å². The standard InChI is InChI=1S/C12H15N3O.ClH/c1-14-9-4-2-3-5-10(9)15-7-6-13-8-11(15)12(14)16;/h2-5,11,13H,6-8H2,1H3;1H. The van der Waals surface area contributed by atoms with Gasteiger partial charge < -0.3 is 15.1 Å². The van der Waals surface area contributed by atoms with Crippen LogP contribution in [0.4, 0.5) is 11.4 Å². The third-order valence-corrected chi connectivity index (χ3v) is 3.41. The predicted molar refractivity (Wildman–Crippen MR) is 71.1 cm³/mol. The molecule has 1 aromatic rings. The molecule has 1 amide bonds. The Morgan fingerprint density at radius 3 is 2.76 bits per heavy atom. The van der Waals surface area contributed by atoms with Crippen molar-refractivity contribution in [3.8, 4) is 0 Å². The molecule has 1 aromatic carbocycles. The Morgan fingerprint density at radius 2 is 2.00 bits per heavy atom. The summed E-state index contributed by atoms with van der Waals surface area (Å²) in [5.74, 6) is 0.186. The normalized spacial score (nSPS) is 22.6. The fraction of sp³-hybridized carbons (Fsp3) is 0.417. The first-order valence-electron chi connectivity index (χ1n) is 5.63. The highest BCUT2D eigenvalue weighted by molar-refractivity contribution is 6.05. The molecular formula is C12H16ClN3O. The number of fused-ring (bicyclic) bond motifs is 3. The number of rotatable bonds is 0. The fourth-order valence-corrected chi connectivity index (χ4v) is 2.55. The van der Waals surface area contributed by atoms with Crippen LogP contribution in [-0.2, 0) is 4.79 Å². The molecule has 17 heavy (non-hydrogen) atoms. The molecule has 0 radical (unpaired) electrons. The molecule has 0 spiro atoms. The largest absolute Gasteiger partial charge is 0.355 e. The van der Waals surface area contributed by atoms with Gasteiger partial charge in [-0.15, -0.1) is 12.4 Å². The molecule has 2 aliphatic heterocycles. The summed E-state index contributed by atoms with van der Waals surface area (Å²) >= 11 is 0. The van der Waals surface area contributed by atoms with Crippen molar-refractivity contribution in [2.45, 2.75) is 6.04 Å².